The van der Waals surface area contributed by atoms with Crippen LogP contribution in [0, 0.1) is 0 Å². The van der Waals surface area contributed by atoms with Crippen molar-refractivity contribution in [3.63, 3.8) is 0 Å². The zero-order chi connectivity index (χ0) is 17.0. The molecule has 5 nitrogen and oxygen atoms in total. The average Bonchev–Trinajstić information content (AvgIpc) is 3.08. The highest BCUT2D eigenvalue weighted by Gasteiger charge is 2.15. The Balaban J connectivity index is 1.92. The van der Waals surface area contributed by atoms with Crippen molar-refractivity contribution in [1.82, 2.24) is 15.0 Å². The quantitative estimate of drug-likeness (QED) is 0.432. The molecule has 25 heavy (non-hydrogen) atoms. The zero-order valence-electron chi connectivity index (χ0n) is 13.3. The summed E-state index contributed by atoms with van der Waals surface area (Å²) < 4.78 is 0. The van der Waals surface area contributed by atoms with Gasteiger partial charge in [0.25, 0.3) is 0 Å². The number of fused-ring (bicyclic) bond motifs is 4. The van der Waals surface area contributed by atoms with E-state index in [4.69, 9.17) is 11.5 Å². The van der Waals surface area contributed by atoms with E-state index < -0.39 is 0 Å². The molecular weight excluding hydrogens is 310 g/mol. The van der Waals surface area contributed by atoms with E-state index in [1.807, 2.05) is 24.4 Å². The second-order valence-corrected chi connectivity index (χ2v) is 6.12. The van der Waals surface area contributed by atoms with Gasteiger partial charge in [-0.15, -0.1) is 0 Å². The molecule has 0 radical (unpaired) electrons. The van der Waals surface area contributed by atoms with Gasteiger partial charge in [0.1, 0.15) is 5.82 Å². The molecule has 0 saturated heterocycles. The van der Waals surface area contributed by atoms with Crippen LogP contribution < -0.4 is 11.5 Å². The summed E-state index contributed by atoms with van der Waals surface area (Å²) in [6, 6.07) is 18.7. The van der Waals surface area contributed by atoms with Crippen molar-refractivity contribution < 1.29 is 0 Å². The largest absolute Gasteiger partial charge is 0.383 e. The maximum Gasteiger partial charge on any atom is 0.222 e. The molecule has 5 rings (SSSR count). The summed E-state index contributed by atoms with van der Waals surface area (Å²) in [7, 11) is 0. The van der Waals surface area contributed by atoms with Crippen molar-refractivity contribution >= 4 is 44.3 Å². The predicted octanol–water partition coefficient (Wildman–Crippen LogP) is 4.10. The Hall–Kier alpha value is -3.60. The summed E-state index contributed by atoms with van der Waals surface area (Å²) in [6.45, 7) is 0. The van der Waals surface area contributed by atoms with Crippen LogP contribution in [0.1, 0.15) is 0 Å². The normalized spacial score (nSPS) is 11.5. The lowest BCUT2D eigenvalue weighted by molar-refractivity contribution is 1.25. The van der Waals surface area contributed by atoms with Crippen molar-refractivity contribution in [2.24, 2.45) is 0 Å². The molecule has 0 spiro atoms. The van der Waals surface area contributed by atoms with Crippen molar-refractivity contribution in [3.05, 3.63) is 60.8 Å². The van der Waals surface area contributed by atoms with E-state index in [0.717, 1.165) is 32.9 Å². The highest BCUT2D eigenvalue weighted by molar-refractivity contribution is 6.16. The highest BCUT2D eigenvalue weighted by atomic mass is 15.0. The molecule has 0 saturated carbocycles. The maximum atomic E-state index is 6.17. The number of nitrogens with two attached hydrogens (primary N) is 2. The summed E-state index contributed by atoms with van der Waals surface area (Å²) >= 11 is 0. The average molecular weight is 325 g/mol. The standard InChI is InChI=1S/C20H15N5/c21-19-17-14-7-8-23-16(14)10-15(18(17)24-20(22)25-19)13-6-5-11-3-1-2-4-12(11)9-13/h1-10,23H,(H4,21,22,24,25). The third-order valence-corrected chi connectivity index (χ3v) is 4.61. The van der Waals surface area contributed by atoms with E-state index in [0.29, 0.717) is 5.82 Å². The molecule has 2 aromatic heterocycles. The second-order valence-electron chi connectivity index (χ2n) is 6.12. The predicted molar refractivity (Wildman–Crippen MR) is 103 cm³/mol. The van der Waals surface area contributed by atoms with Gasteiger partial charge < -0.3 is 16.5 Å². The number of H-pyrrole nitrogens is 1. The van der Waals surface area contributed by atoms with Gasteiger partial charge in [-0.05, 0) is 34.5 Å². The highest BCUT2D eigenvalue weighted by Crippen LogP contribution is 2.36. The Morgan fingerprint density at radius 1 is 0.840 bits per heavy atom. The first-order valence-electron chi connectivity index (χ1n) is 8.03. The summed E-state index contributed by atoms with van der Waals surface area (Å²) in [6.07, 6.45) is 1.89. The van der Waals surface area contributed by atoms with Crippen LogP contribution in [0.3, 0.4) is 0 Å². The number of nitrogens with one attached hydrogen (secondary N) is 1. The smallest absolute Gasteiger partial charge is 0.222 e. The first-order chi connectivity index (χ1) is 12.2. The zero-order valence-corrected chi connectivity index (χ0v) is 13.3. The minimum absolute atomic E-state index is 0.182. The maximum absolute atomic E-state index is 6.17. The number of hydrogen-bond donors (Lipinski definition) is 3. The Morgan fingerprint density at radius 3 is 2.56 bits per heavy atom. The number of nitrogen functional groups attached to an aromatic ring is 2. The van der Waals surface area contributed by atoms with Gasteiger partial charge in [-0.1, -0.05) is 36.4 Å². The molecule has 0 aliphatic carbocycles. The van der Waals surface area contributed by atoms with Crippen molar-refractivity contribution in [2.75, 3.05) is 11.5 Å². The fraction of sp³-hybridized carbons (Fsp3) is 0. The molecule has 5 aromatic rings. The molecule has 0 amide bonds. The number of rotatable bonds is 1. The SMILES string of the molecule is Nc1nc(N)c2c(n1)c(-c1ccc3ccccc3c1)cc1[nH]ccc12. The molecular formula is C20H15N5. The molecule has 0 atom stereocenters. The lowest BCUT2D eigenvalue weighted by Crippen LogP contribution is -2.01. The van der Waals surface area contributed by atoms with Crippen LogP contribution in [-0.4, -0.2) is 15.0 Å². The number of hydrogen-bond acceptors (Lipinski definition) is 4. The molecule has 5 heteroatoms. The minimum Gasteiger partial charge on any atom is -0.383 e. The van der Waals surface area contributed by atoms with Crippen molar-refractivity contribution in [1.29, 1.82) is 0 Å². The lowest BCUT2D eigenvalue weighted by Gasteiger charge is -2.11. The molecule has 0 fully saturated rings. The lowest BCUT2D eigenvalue weighted by atomic mass is 9.97. The second kappa shape index (κ2) is 4.95. The number of anilines is 2. The van der Waals surface area contributed by atoms with Gasteiger partial charge in [-0.2, -0.15) is 4.98 Å². The fourth-order valence-electron chi connectivity index (χ4n) is 3.47. The molecule has 0 unspecified atom stereocenters. The van der Waals surface area contributed by atoms with Crippen molar-refractivity contribution in [2.45, 2.75) is 0 Å². The van der Waals surface area contributed by atoms with Gasteiger partial charge in [0.2, 0.25) is 5.95 Å². The van der Waals surface area contributed by atoms with Crippen LogP contribution in [0.5, 0.6) is 0 Å². The minimum atomic E-state index is 0.182. The number of benzene rings is 3. The molecule has 2 heterocycles. The topological polar surface area (TPSA) is 93.6 Å². The van der Waals surface area contributed by atoms with Gasteiger partial charge in [-0.3, -0.25) is 0 Å². The van der Waals surface area contributed by atoms with E-state index >= 15 is 0 Å². The van der Waals surface area contributed by atoms with E-state index in [-0.39, 0.29) is 5.95 Å². The summed E-state index contributed by atoms with van der Waals surface area (Å²) in [4.78, 5) is 11.9. The van der Waals surface area contributed by atoms with Crippen LogP contribution in [0.25, 0.3) is 43.7 Å². The Labute approximate surface area is 143 Å². The van der Waals surface area contributed by atoms with Crippen LogP contribution >= 0.6 is 0 Å². The molecule has 0 bridgehead atoms. The monoisotopic (exact) mass is 325 g/mol. The third kappa shape index (κ3) is 2.03. The Morgan fingerprint density at radius 2 is 1.68 bits per heavy atom. The van der Waals surface area contributed by atoms with Gasteiger partial charge in [0.15, 0.2) is 0 Å². The molecule has 0 aliphatic rings. The van der Waals surface area contributed by atoms with E-state index in [1.54, 1.807) is 0 Å². The number of aromatic amines is 1. The van der Waals surface area contributed by atoms with E-state index in [2.05, 4.69) is 51.4 Å². The Bertz CT molecular complexity index is 1270. The first kappa shape index (κ1) is 13.8. The van der Waals surface area contributed by atoms with Gasteiger partial charge in [-0.25, -0.2) is 4.98 Å². The van der Waals surface area contributed by atoms with Crippen LogP contribution in [-0.2, 0) is 0 Å². The summed E-state index contributed by atoms with van der Waals surface area (Å²) in [5, 5.41) is 4.20. The molecule has 5 N–H and O–H groups in total. The number of aromatic nitrogens is 3. The summed E-state index contributed by atoms with van der Waals surface area (Å²) in [5.41, 5.74) is 15.9. The summed E-state index contributed by atoms with van der Waals surface area (Å²) in [5.74, 6) is 0.580. The molecule has 120 valence electrons. The van der Waals surface area contributed by atoms with E-state index in [9.17, 15) is 0 Å². The fourth-order valence-corrected chi connectivity index (χ4v) is 3.47. The van der Waals surface area contributed by atoms with Gasteiger partial charge in [0.05, 0.1) is 10.9 Å². The van der Waals surface area contributed by atoms with Crippen LogP contribution in [0.15, 0.2) is 60.8 Å². The molecule has 3 aromatic carbocycles. The first-order valence-corrected chi connectivity index (χ1v) is 8.03. The molecule has 0 aliphatic heterocycles. The van der Waals surface area contributed by atoms with Crippen molar-refractivity contribution in [3.8, 4) is 11.1 Å². The Kier molecular flexibility index (Phi) is 2.73. The third-order valence-electron chi connectivity index (χ3n) is 4.61. The van der Waals surface area contributed by atoms with Crippen LogP contribution in [0.4, 0.5) is 11.8 Å². The van der Waals surface area contributed by atoms with Crippen LogP contribution in [0.2, 0.25) is 0 Å². The van der Waals surface area contributed by atoms with E-state index in [1.165, 1.54) is 10.8 Å². The number of nitrogens with zero attached hydrogens (tertiary/aromatic N) is 2. The van der Waals surface area contributed by atoms with Gasteiger partial charge >= 0.3 is 0 Å². The van der Waals surface area contributed by atoms with Gasteiger partial charge in [0, 0.05) is 22.7 Å².